The molecule has 0 aliphatic heterocycles. The highest BCUT2D eigenvalue weighted by molar-refractivity contribution is 7.88. The number of sulfonamides is 1. The molecule has 0 fully saturated rings. The van der Waals surface area contributed by atoms with Crippen molar-refractivity contribution in [2.24, 2.45) is 0 Å². The Balaban J connectivity index is 2.03. The van der Waals surface area contributed by atoms with Gasteiger partial charge in [0.2, 0.25) is 10.0 Å². The number of allylic oxidation sites excluding steroid dienone is 1. The third-order valence-corrected chi connectivity index (χ3v) is 4.07. The van der Waals surface area contributed by atoms with E-state index in [4.69, 9.17) is 0 Å². The quantitative estimate of drug-likeness (QED) is 0.835. The van der Waals surface area contributed by atoms with E-state index in [0.29, 0.717) is 12.8 Å². The van der Waals surface area contributed by atoms with Crippen LogP contribution in [0.25, 0.3) is 6.08 Å². The molecule has 0 bridgehead atoms. The van der Waals surface area contributed by atoms with E-state index in [9.17, 15) is 12.8 Å². The van der Waals surface area contributed by atoms with Gasteiger partial charge in [-0.3, -0.25) is 0 Å². The molecule has 2 rings (SSSR count). The van der Waals surface area contributed by atoms with Gasteiger partial charge in [-0.15, -0.1) is 0 Å². The van der Waals surface area contributed by atoms with Crippen LogP contribution in [0.15, 0.2) is 60.7 Å². The number of hydrogen-bond donors (Lipinski definition) is 1. The first-order valence-electron chi connectivity index (χ1n) is 7.38. The maximum atomic E-state index is 13.0. The topological polar surface area (TPSA) is 46.2 Å². The molecule has 0 amide bonds. The van der Waals surface area contributed by atoms with Crippen molar-refractivity contribution < 1.29 is 12.8 Å². The Morgan fingerprint density at radius 1 is 1.09 bits per heavy atom. The highest BCUT2D eigenvalue weighted by atomic mass is 32.2. The minimum atomic E-state index is -3.34. The van der Waals surface area contributed by atoms with Crippen LogP contribution in [0.2, 0.25) is 0 Å². The Morgan fingerprint density at radius 2 is 1.74 bits per heavy atom. The number of hydrogen-bond acceptors (Lipinski definition) is 2. The van der Waals surface area contributed by atoms with Crippen LogP contribution in [0, 0.1) is 5.82 Å². The summed E-state index contributed by atoms with van der Waals surface area (Å²) in [5.41, 5.74) is 1.85. The summed E-state index contributed by atoms with van der Waals surface area (Å²) in [6, 6.07) is 15.4. The van der Waals surface area contributed by atoms with Crippen LogP contribution in [0.5, 0.6) is 0 Å². The summed E-state index contributed by atoms with van der Waals surface area (Å²) in [5, 5.41) is 0. The van der Waals surface area contributed by atoms with Gasteiger partial charge < -0.3 is 0 Å². The Morgan fingerprint density at radius 3 is 2.35 bits per heavy atom. The first kappa shape index (κ1) is 17.4. The Hall–Kier alpha value is -1.98. The van der Waals surface area contributed by atoms with Crippen LogP contribution in [-0.2, 0) is 10.0 Å². The fourth-order valence-electron chi connectivity index (χ4n) is 2.29. The van der Waals surface area contributed by atoms with Crippen LogP contribution in [0.1, 0.15) is 30.0 Å². The molecular formula is C18H20FNO2S. The van der Waals surface area contributed by atoms with E-state index >= 15 is 0 Å². The van der Waals surface area contributed by atoms with Crippen molar-refractivity contribution in [3.8, 4) is 0 Å². The minimum absolute atomic E-state index is 0.337. The van der Waals surface area contributed by atoms with Crippen molar-refractivity contribution in [2.75, 3.05) is 6.26 Å². The molecule has 0 saturated heterocycles. The lowest BCUT2D eigenvalue weighted by Gasteiger charge is -2.17. The van der Waals surface area contributed by atoms with Gasteiger partial charge in [0.15, 0.2) is 0 Å². The monoisotopic (exact) mass is 333 g/mol. The van der Waals surface area contributed by atoms with Gasteiger partial charge in [-0.25, -0.2) is 17.5 Å². The molecule has 0 aliphatic carbocycles. The molecule has 1 atom stereocenters. The van der Waals surface area contributed by atoms with Gasteiger partial charge >= 0.3 is 0 Å². The number of nitrogens with one attached hydrogen (secondary N) is 1. The zero-order chi connectivity index (χ0) is 16.7. The molecule has 0 aliphatic rings. The van der Waals surface area contributed by atoms with Crippen LogP contribution in [0.3, 0.4) is 0 Å². The highest BCUT2D eigenvalue weighted by Gasteiger charge is 2.15. The fourth-order valence-corrected chi connectivity index (χ4v) is 3.06. The standard InChI is InChI=1S/C18H20FNO2S/c1-23(21,22)20-18(16-11-13-17(19)14-12-16)10-6-5-9-15-7-3-2-4-8-15/h2-5,7-9,11-14,18,20H,6,10H2,1H3/b9-5+. The van der Waals surface area contributed by atoms with Gasteiger partial charge in [0.05, 0.1) is 6.26 Å². The molecule has 2 aromatic carbocycles. The predicted octanol–water partition coefficient (Wildman–Crippen LogP) is 3.91. The summed E-state index contributed by atoms with van der Waals surface area (Å²) >= 11 is 0. The third kappa shape index (κ3) is 6.34. The molecule has 1 N–H and O–H groups in total. The molecular weight excluding hydrogens is 313 g/mol. The molecule has 0 heterocycles. The lowest BCUT2D eigenvalue weighted by Crippen LogP contribution is -2.27. The Kier molecular flexibility index (Phi) is 6.07. The van der Waals surface area contributed by atoms with Crippen molar-refractivity contribution in [3.05, 3.63) is 77.6 Å². The van der Waals surface area contributed by atoms with Crippen LogP contribution in [0.4, 0.5) is 4.39 Å². The Bertz CT molecular complexity index is 740. The van der Waals surface area contributed by atoms with Crippen LogP contribution >= 0.6 is 0 Å². The molecule has 5 heteroatoms. The molecule has 122 valence electrons. The number of halogens is 1. The van der Waals surface area contributed by atoms with E-state index in [1.54, 1.807) is 12.1 Å². The maximum absolute atomic E-state index is 13.0. The maximum Gasteiger partial charge on any atom is 0.209 e. The molecule has 0 spiro atoms. The molecule has 23 heavy (non-hydrogen) atoms. The zero-order valence-electron chi connectivity index (χ0n) is 12.9. The second kappa shape index (κ2) is 8.04. The number of benzene rings is 2. The molecule has 3 nitrogen and oxygen atoms in total. The normalized spacial score (nSPS) is 13.3. The lowest BCUT2D eigenvalue weighted by molar-refractivity contribution is 0.546. The third-order valence-electron chi connectivity index (χ3n) is 3.36. The van der Waals surface area contributed by atoms with Crippen molar-refractivity contribution in [1.82, 2.24) is 4.72 Å². The first-order valence-corrected chi connectivity index (χ1v) is 9.27. The van der Waals surface area contributed by atoms with Gasteiger partial charge in [-0.2, -0.15) is 0 Å². The first-order chi connectivity index (χ1) is 10.9. The average Bonchev–Trinajstić information content (AvgIpc) is 2.51. The summed E-state index contributed by atoms with van der Waals surface area (Å²) in [6.07, 6.45) is 6.45. The van der Waals surface area contributed by atoms with E-state index < -0.39 is 10.0 Å². The van der Waals surface area contributed by atoms with E-state index in [0.717, 1.165) is 17.4 Å². The van der Waals surface area contributed by atoms with E-state index in [1.165, 1.54) is 12.1 Å². The number of rotatable bonds is 7. The van der Waals surface area contributed by atoms with Gasteiger partial charge in [0.25, 0.3) is 0 Å². The zero-order valence-corrected chi connectivity index (χ0v) is 13.8. The van der Waals surface area contributed by atoms with Crippen molar-refractivity contribution in [1.29, 1.82) is 0 Å². The molecule has 0 radical (unpaired) electrons. The molecule has 0 aromatic heterocycles. The molecule has 1 unspecified atom stereocenters. The lowest BCUT2D eigenvalue weighted by atomic mass is 10.0. The summed E-state index contributed by atoms with van der Waals surface area (Å²) in [4.78, 5) is 0. The summed E-state index contributed by atoms with van der Waals surface area (Å²) in [6.45, 7) is 0. The van der Waals surface area contributed by atoms with E-state index in [-0.39, 0.29) is 11.9 Å². The second-order valence-corrected chi connectivity index (χ2v) is 7.16. The SMILES string of the molecule is CS(=O)(=O)NC(CC/C=C/c1ccccc1)c1ccc(F)cc1. The summed E-state index contributed by atoms with van der Waals surface area (Å²) in [5.74, 6) is -0.337. The molecule has 2 aromatic rings. The minimum Gasteiger partial charge on any atom is -0.213 e. The summed E-state index contributed by atoms with van der Waals surface area (Å²) in [7, 11) is -3.34. The van der Waals surface area contributed by atoms with E-state index in [2.05, 4.69) is 4.72 Å². The predicted molar refractivity (Wildman–Crippen MR) is 91.8 cm³/mol. The van der Waals surface area contributed by atoms with Crippen molar-refractivity contribution in [3.63, 3.8) is 0 Å². The van der Waals surface area contributed by atoms with Crippen LogP contribution in [-0.4, -0.2) is 14.7 Å². The smallest absolute Gasteiger partial charge is 0.209 e. The molecule has 0 saturated carbocycles. The Labute approximate surface area is 136 Å². The van der Waals surface area contributed by atoms with Gasteiger partial charge in [0, 0.05) is 6.04 Å². The highest BCUT2D eigenvalue weighted by Crippen LogP contribution is 2.20. The van der Waals surface area contributed by atoms with Crippen LogP contribution < -0.4 is 4.72 Å². The van der Waals surface area contributed by atoms with E-state index in [1.807, 2.05) is 42.5 Å². The average molecular weight is 333 g/mol. The van der Waals surface area contributed by atoms with Gasteiger partial charge in [-0.05, 0) is 36.1 Å². The van der Waals surface area contributed by atoms with Crippen molar-refractivity contribution >= 4 is 16.1 Å². The largest absolute Gasteiger partial charge is 0.213 e. The fraction of sp³-hybridized carbons (Fsp3) is 0.222. The van der Waals surface area contributed by atoms with Gasteiger partial charge in [-0.1, -0.05) is 54.6 Å². The van der Waals surface area contributed by atoms with Crippen molar-refractivity contribution in [2.45, 2.75) is 18.9 Å². The second-order valence-electron chi connectivity index (χ2n) is 5.38. The van der Waals surface area contributed by atoms with Gasteiger partial charge in [0.1, 0.15) is 5.82 Å². The summed E-state index contributed by atoms with van der Waals surface area (Å²) < 4.78 is 38.7.